The monoisotopic (exact) mass is 622 g/mol. The number of carbonyl (C=O) groups excluding carboxylic acids is 3. The zero-order valence-corrected chi connectivity index (χ0v) is 23.7. The van der Waals surface area contributed by atoms with Crippen molar-refractivity contribution in [3.63, 3.8) is 0 Å². The van der Waals surface area contributed by atoms with Crippen molar-refractivity contribution in [2.24, 2.45) is 0 Å². The maximum atomic E-state index is 12.7. The maximum Gasteiger partial charge on any atom is 0.331 e. The van der Waals surface area contributed by atoms with E-state index in [1.807, 2.05) is 0 Å². The van der Waals surface area contributed by atoms with Gasteiger partial charge in [-0.15, -0.1) is 0 Å². The molecule has 0 saturated carbocycles. The molecule has 0 bridgehead atoms. The fourth-order valence-electron chi connectivity index (χ4n) is 4.21. The molecule has 0 radical (unpaired) electrons. The quantitative estimate of drug-likeness (QED) is 0.0832. The Morgan fingerprint density at radius 1 is 0.778 bits per heavy atom. The van der Waals surface area contributed by atoms with Crippen LogP contribution in [0.4, 0.5) is 0 Å². The number of phenols is 4. The molecule has 0 spiro atoms. The Balaban J connectivity index is 1.55. The summed E-state index contributed by atoms with van der Waals surface area (Å²) >= 11 is 0. The van der Waals surface area contributed by atoms with E-state index in [2.05, 4.69) is 0 Å². The molecule has 236 valence electrons. The van der Waals surface area contributed by atoms with Crippen molar-refractivity contribution >= 4 is 29.9 Å². The fraction of sp³-hybridized carbons (Fsp3) is 0.219. The van der Waals surface area contributed by atoms with Gasteiger partial charge >= 0.3 is 11.9 Å². The van der Waals surface area contributed by atoms with Crippen molar-refractivity contribution in [2.45, 2.75) is 37.6 Å². The third-order valence-corrected chi connectivity index (χ3v) is 6.60. The van der Waals surface area contributed by atoms with Gasteiger partial charge in [-0.25, -0.2) is 4.79 Å². The van der Waals surface area contributed by atoms with Crippen LogP contribution in [-0.2, 0) is 23.8 Å². The van der Waals surface area contributed by atoms with Gasteiger partial charge in [-0.2, -0.15) is 0 Å². The first kappa shape index (κ1) is 32.5. The van der Waals surface area contributed by atoms with Crippen LogP contribution in [0.5, 0.6) is 28.7 Å². The fourth-order valence-corrected chi connectivity index (χ4v) is 4.21. The number of ketones is 1. The molecule has 5 atom stereocenters. The van der Waals surface area contributed by atoms with Gasteiger partial charge < -0.3 is 49.6 Å². The summed E-state index contributed by atoms with van der Waals surface area (Å²) in [4.78, 5) is 36.7. The van der Waals surface area contributed by atoms with E-state index in [1.165, 1.54) is 48.6 Å². The lowest BCUT2D eigenvalue weighted by Gasteiger charge is -2.41. The molecule has 3 aromatic carbocycles. The molecular formula is C32H30O13. The van der Waals surface area contributed by atoms with Crippen LogP contribution in [0.1, 0.15) is 28.4 Å². The normalized spacial score (nSPS) is 21.4. The Hall–Kier alpha value is -5.37. The standard InChI is InChI=1S/C32H30O13/c1-17(33)42-16-25-29(40)30(41)31(45-26(37)15-7-19-4-10-21(35)11-5-19)32(44-25)43-24-14-12-22(27(38)28(24)39)23(36)13-6-18-2-8-20(34)9-3-18/h2-15,25,29-32,34-35,38-41H,16H2,1H3/b13-6+,15-7+/t25?,29-,30+,31?,32-/m1/s1. The summed E-state index contributed by atoms with van der Waals surface area (Å²) in [5.74, 6) is -4.46. The summed E-state index contributed by atoms with van der Waals surface area (Å²) in [6.07, 6.45) is -3.32. The molecule has 1 heterocycles. The van der Waals surface area contributed by atoms with E-state index < -0.39 is 72.3 Å². The van der Waals surface area contributed by atoms with Crippen LogP contribution >= 0.6 is 0 Å². The lowest BCUT2D eigenvalue weighted by Crippen LogP contribution is -2.61. The number of rotatable bonds is 10. The average molecular weight is 623 g/mol. The highest BCUT2D eigenvalue weighted by Crippen LogP contribution is 2.40. The number of benzene rings is 3. The third kappa shape index (κ3) is 8.38. The summed E-state index contributed by atoms with van der Waals surface area (Å²) in [5.41, 5.74) is 0.833. The van der Waals surface area contributed by atoms with Crippen LogP contribution in [0.25, 0.3) is 12.2 Å². The van der Waals surface area contributed by atoms with E-state index in [1.54, 1.807) is 12.1 Å². The van der Waals surface area contributed by atoms with Gasteiger partial charge in [0.25, 0.3) is 0 Å². The summed E-state index contributed by atoms with van der Waals surface area (Å²) < 4.78 is 21.5. The summed E-state index contributed by atoms with van der Waals surface area (Å²) in [7, 11) is 0. The van der Waals surface area contributed by atoms with Gasteiger partial charge in [-0.05, 0) is 59.7 Å². The zero-order valence-electron chi connectivity index (χ0n) is 23.7. The molecule has 6 N–H and O–H groups in total. The first-order valence-electron chi connectivity index (χ1n) is 13.5. The number of aliphatic hydroxyl groups is 2. The van der Waals surface area contributed by atoms with Crippen molar-refractivity contribution in [3.05, 3.63) is 89.5 Å². The Labute approximate surface area is 256 Å². The lowest BCUT2D eigenvalue weighted by atomic mass is 9.99. The molecule has 4 rings (SSSR count). The number of aromatic hydroxyl groups is 4. The summed E-state index contributed by atoms with van der Waals surface area (Å²) in [6, 6.07) is 14.1. The van der Waals surface area contributed by atoms with Crippen LogP contribution in [0.2, 0.25) is 0 Å². The predicted molar refractivity (Wildman–Crippen MR) is 156 cm³/mol. The highest BCUT2D eigenvalue weighted by Gasteiger charge is 2.48. The molecule has 0 aromatic heterocycles. The smallest absolute Gasteiger partial charge is 0.331 e. The average Bonchev–Trinajstić information content (AvgIpc) is 3.01. The van der Waals surface area contributed by atoms with E-state index in [0.717, 1.165) is 31.2 Å². The van der Waals surface area contributed by atoms with Gasteiger partial charge in [0.15, 0.2) is 23.4 Å². The number of ether oxygens (including phenoxy) is 4. The van der Waals surface area contributed by atoms with Crippen LogP contribution in [0, 0.1) is 0 Å². The molecule has 1 aliphatic rings. The second kappa shape index (κ2) is 14.4. The van der Waals surface area contributed by atoms with Gasteiger partial charge in [-0.3, -0.25) is 9.59 Å². The van der Waals surface area contributed by atoms with Crippen molar-refractivity contribution in [2.75, 3.05) is 6.61 Å². The molecule has 45 heavy (non-hydrogen) atoms. The van der Waals surface area contributed by atoms with Gasteiger partial charge in [0, 0.05) is 13.0 Å². The Bertz CT molecular complexity index is 1580. The number of aliphatic hydroxyl groups excluding tert-OH is 2. The highest BCUT2D eigenvalue weighted by atomic mass is 16.7. The second-order valence-corrected chi connectivity index (χ2v) is 9.87. The first-order valence-corrected chi connectivity index (χ1v) is 13.5. The van der Waals surface area contributed by atoms with Crippen LogP contribution < -0.4 is 4.74 Å². The number of hydrogen-bond donors (Lipinski definition) is 6. The zero-order chi connectivity index (χ0) is 32.7. The number of hydrogen-bond acceptors (Lipinski definition) is 13. The SMILES string of the molecule is CC(=O)OCC1O[C@@H](Oc2ccc(C(=O)/C=C/c3ccc(O)cc3)c(O)c2O)C(OC(=O)/C=C/c2ccc(O)cc2)[C@@H](O)[C@@H]1O. The van der Waals surface area contributed by atoms with E-state index in [-0.39, 0.29) is 17.1 Å². The highest BCUT2D eigenvalue weighted by molar-refractivity contribution is 6.09. The van der Waals surface area contributed by atoms with Crippen molar-refractivity contribution in [1.82, 2.24) is 0 Å². The molecule has 0 aliphatic carbocycles. The van der Waals surface area contributed by atoms with Crippen molar-refractivity contribution in [3.8, 4) is 28.7 Å². The minimum Gasteiger partial charge on any atom is -0.508 e. The van der Waals surface area contributed by atoms with Gasteiger partial charge in [0.2, 0.25) is 12.0 Å². The van der Waals surface area contributed by atoms with E-state index in [0.29, 0.717) is 11.1 Å². The van der Waals surface area contributed by atoms with Gasteiger partial charge in [0.05, 0.1) is 5.56 Å². The number of phenolic OH excluding ortho intramolecular Hbond substituents is 4. The molecule has 13 nitrogen and oxygen atoms in total. The molecule has 0 amide bonds. The molecule has 1 fully saturated rings. The minimum absolute atomic E-state index is 0.0201. The minimum atomic E-state index is -1.82. The Morgan fingerprint density at radius 3 is 1.93 bits per heavy atom. The van der Waals surface area contributed by atoms with E-state index in [4.69, 9.17) is 18.9 Å². The number of esters is 2. The predicted octanol–water partition coefficient (Wildman–Crippen LogP) is 2.42. The molecule has 1 aliphatic heterocycles. The van der Waals surface area contributed by atoms with Crippen molar-refractivity contribution in [1.29, 1.82) is 0 Å². The van der Waals surface area contributed by atoms with Crippen molar-refractivity contribution < 1.29 is 64.0 Å². The third-order valence-electron chi connectivity index (χ3n) is 6.60. The second-order valence-electron chi connectivity index (χ2n) is 9.87. The van der Waals surface area contributed by atoms with Gasteiger partial charge in [0.1, 0.15) is 36.4 Å². The Kier molecular flexibility index (Phi) is 10.4. The number of carbonyl (C=O) groups is 3. The Morgan fingerprint density at radius 2 is 1.36 bits per heavy atom. The van der Waals surface area contributed by atoms with Gasteiger partial charge in [-0.1, -0.05) is 30.3 Å². The number of allylic oxidation sites excluding steroid dienone is 1. The molecular weight excluding hydrogens is 592 g/mol. The van der Waals surface area contributed by atoms with E-state index in [9.17, 15) is 45.0 Å². The molecule has 2 unspecified atom stereocenters. The maximum absolute atomic E-state index is 12.7. The van der Waals surface area contributed by atoms with Crippen LogP contribution in [0.3, 0.4) is 0 Å². The lowest BCUT2D eigenvalue weighted by molar-refractivity contribution is -0.282. The molecule has 1 saturated heterocycles. The topological polar surface area (TPSA) is 210 Å². The van der Waals surface area contributed by atoms with Crippen LogP contribution in [0.15, 0.2) is 72.8 Å². The first-order chi connectivity index (χ1) is 21.4. The summed E-state index contributed by atoms with van der Waals surface area (Å²) in [5, 5.41) is 61.5. The molecule has 13 heteroatoms. The summed E-state index contributed by atoms with van der Waals surface area (Å²) in [6.45, 7) is 0.612. The van der Waals surface area contributed by atoms with E-state index >= 15 is 0 Å². The molecule has 3 aromatic rings. The van der Waals surface area contributed by atoms with Crippen LogP contribution in [-0.4, -0.2) is 85.7 Å². The largest absolute Gasteiger partial charge is 0.508 e.